The minimum atomic E-state index is -0.742. The number of hydrogen-bond donors (Lipinski definition) is 2. The quantitative estimate of drug-likeness (QED) is 0.295. The molecule has 176 valence electrons. The van der Waals surface area contributed by atoms with Crippen LogP contribution in [-0.4, -0.2) is 88.0 Å². The van der Waals surface area contributed by atoms with Crippen LogP contribution in [0.15, 0.2) is 0 Å². The maximum atomic E-state index is 11.6. The Morgan fingerprint density at radius 2 is 1.83 bits per heavy atom. The molecule has 30 heavy (non-hydrogen) atoms. The molecule has 0 spiro atoms. The second-order valence-electron chi connectivity index (χ2n) is 9.19. The summed E-state index contributed by atoms with van der Waals surface area (Å²) in [4.78, 5) is 11.6. The van der Waals surface area contributed by atoms with Gasteiger partial charge in [-0.3, -0.25) is 4.79 Å². The highest BCUT2D eigenvalue weighted by Gasteiger charge is 2.42. The van der Waals surface area contributed by atoms with Gasteiger partial charge >= 0.3 is 0 Å². The second-order valence-corrected chi connectivity index (χ2v) is 9.19. The summed E-state index contributed by atoms with van der Waals surface area (Å²) in [5.74, 6) is 0.0865. The number of hydrogen-bond acceptors (Lipinski definition) is 7. The van der Waals surface area contributed by atoms with Crippen molar-refractivity contribution in [3.8, 4) is 0 Å². The van der Waals surface area contributed by atoms with Gasteiger partial charge in [-0.25, -0.2) is 0 Å². The topological polar surface area (TPSA) is 95.5 Å². The van der Waals surface area contributed by atoms with E-state index in [-0.39, 0.29) is 30.4 Å². The molecular formula is C21H42BNO7. The molecular weight excluding hydrogens is 389 g/mol. The van der Waals surface area contributed by atoms with Crippen molar-refractivity contribution in [1.82, 2.24) is 5.32 Å². The number of carbonyl (C=O) groups is 1. The molecule has 0 aromatic rings. The van der Waals surface area contributed by atoms with Crippen molar-refractivity contribution in [2.24, 2.45) is 0 Å². The fourth-order valence-electron chi connectivity index (χ4n) is 3.27. The predicted molar refractivity (Wildman–Crippen MR) is 117 cm³/mol. The lowest BCUT2D eigenvalue weighted by Gasteiger charge is -2.30. The summed E-state index contributed by atoms with van der Waals surface area (Å²) in [5, 5.41) is 13.2. The fraction of sp³-hybridized carbons (Fsp3) is 0.952. The molecule has 0 aromatic carbocycles. The Balaban J connectivity index is 2.27. The average molecular weight is 431 g/mol. The molecule has 1 aliphatic heterocycles. The standard InChI is InChI=1S/C21H42BNO7/c1-7-8-16(24)23-11-9-20(2,3)28-12-10-21(4,5)29-14-27-18-17(25)15(13-26-6)30-19(18)22/h15,17-19,25H,7-14,22H2,1-6H3,(H,23,24). The minimum Gasteiger partial charge on any atom is -0.388 e. The Morgan fingerprint density at radius 1 is 1.17 bits per heavy atom. The molecule has 1 rings (SSSR count). The largest absolute Gasteiger partial charge is 0.388 e. The van der Waals surface area contributed by atoms with Gasteiger partial charge in [-0.2, -0.15) is 0 Å². The van der Waals surface area contributed by atoms with Gasteiger partial charge < -0.3 is 34.1 Å². The van der Waals surface area contributed by atoms with E-state index in [1.54, 1.807) is 7.11 Å². The third kappa shape index (κ3) is 10.1. The molecule has 1 aliphatic rings. The number of aliphatic hydroxyl groups is 1. The molecule has 1 saturated heterocycles. The Labute approximate surface area is 182 Å². The first-order chi connectivity index (χ1) is 14.0. The Bertz CT molecular complexity index is 504. The van der Waals surface area contributed by atoms with Crippen LogP contribution in [-0.2, 0) is 28.5 Å². The van der Waals surface area contributed by atoms with Gasteiger partial charge in [-0.05, 0) is 47.0 Å². The van der Waals surface area contributed by atoms with Crippen molar-refractivity contribution in [1.29, 1.82) is 0 Å². The fourth-order valence-corrected chi connectivity index (χ4v) is 3.27. The lowest BCUT2D eigenvalue weighted by molar-refractivity contribution is -0.172. The minimum absolute atomic E-state index is 0.0645. The molecule has 1 heterocycles. The van der Waals surface area contributed by atoms with Crippen LogP contribution >= 0.6 is 0 Å². The SMILES string of the molecule is BC1OC(COC)C(O)C1OCOC(C)(C)CCOC(C)(C)CCNC(=O)CCC. The lowest BCUT2D eigenvalue weighted by atomic mass is 9.93. The van der Waals surface area contributed by atoms with Gasteiger partial charge in [-0.15, -0.1) is 0 Å². The number of amides is 1. The van der Waals surface area contributed by atoms with Crippen molar-refractivity contribution in [3.05, 3.63) is 0 Å². The highest BCUT2D eigenvalue weighted by atomic mass is 16.7. The number of carbonyl (C=O) groups excluding carboxylic acids is 1. The summed E-state index contributed by atoms with van der Waals surface area (Å²) < 4.78 is 28.4. The van der Waals surface area contributed by atoms with Crippen LogP contribution in [0.25, 0.3) is 0 Å². The van der Waals surface area contributed by atoms with Crippen LogP contribution in [0, 0.1) is 0 Å². The van der Waals surface area contributed by atoms with E-state index in [4.69, 9.17) is 23.7 Å². The zero-order valence-electron chi connectivity index (χ0n) is 19.9. The molecule has 9 heteroatoms. The summed E-state index contributed by atoms with van der Waals surface area (Å²) >= 11 is 0. The van der Waals surface area contributed by atoms with E-state index in [2.05, 4.69) is 5.32 Å². The van der Waals surface area contributed by atoms with E-state index < -0.39 is 17.8 Å². The maximum Gasteiger partial charge on any atom is 0.219 e. The molecule has 0 radical (unpaired) electrons. The van der Waals surface area contributed by atoms with Crippen LogP contribution in [0.4, 0.5) is 0 Å². The van der Waals surface area contributed by atoms with Gasteiger partial charge in [0.1, 0.15) is 33.0 Å². The van der Waals surface area contributed by atoms with Crippen LogP contribution in [0.3, 0.4) is 0 Å². The molecule has 8 nitrogen and oxygen atoms in total. The molecule has 1 fully saturated rings. The van der Waals surface area contributed by atoms with Gasteiger partial charge in [0.2, 0.25) is 5.91 Å². The number of rotatable bonds is 15. The third-order valence-corrected chi connectivity index (χ3v) is 5.33. The zero-order chi connectivity index (χ0) is 22.8. The summed E-state index contributed by atoms with van der Waals surface area (Å²) in [6.07, 6.45) is 1.27. The van der Waals surface area contributed by atoms with E-state index in [1.165, 1.54) is 0 Å². The van der Waals surface area contributed by atoms with Crippen molar-refractivity contribution < 1.29 is 33.6 Å². The highest BCUT2D eigenvalue weighted by Crippen LogP contribution is 2.24. The lowest BCUT2D eigenvalue weighted by Crippen LogP contribution is -2.39. The van der Waals surface area contributed by atoms with E-state index in [9.17, 15) is 9.90 Å². The summed E-state index contributed by atoms with van der Waals surface area (Å²) in [6, 6.07) is -0.228. The molecule has 0 aromatic heterocycles. The van der Waals surface area contributed by atoms with Crippen LogP contribution in [0.5, 0.6) is 0 Å². The molecule has 0 aliphatic carbocycles. The first-order valence-electron chi connectivity index (χ1n) is 11.0. The Morgan fingerprint density at radius 3 is 2.47 bits per heavy atom. The van der Waals surface area contributed by atoms with Crippen LogP contribution in [0.1, 0.15) is 60.3 Å². The molecule has 4 atom stereocenters. The summed E-state index contributed by atoms with van der Waals surface area (Å²) in [5.41, 5.74) is -0.770. The van der Waals surface area contributed by atoms with E-state index in [0.29, 0.717) is 32.6 Å². The predicted octanol–water partition coefficient (Wildman–Crippen LogP) is 0.981. The third-order valence-electron chi connectivity index (χ3n) is 5.33. The highest BCUT2D eigenvalue weighted by molar-refractivity contribution is 6.11. The molecule has 4 unspecified atom stereocenters. The van der Waals surface area contributed by atoms with Gasteiger partial charge in [0.25, 0.3) is 0 Å². The number of methoxy groups -OCH3 is 1. The van der Waals surface area contributed by atoms with Crippen molar-refractivity contribution in [2.75, 3.05) is 33.7 Å². The maximum absolute atomic E-state index is 11.6. The summed E-state index contributed by atoms with van der Waals surface area (Å²) in [7, 11) is 3.45. The number of nitrogens with one attached hydrogen (secondary N) is 1. The number of ether oxygens (including phenoxy) is 5. The van der Waals surface area contributed by atoms with Crippen molar-refractivity contribution in [3.63, 3.8) is 0 Å². The van der Waals surface area contributed by atoms with E-state index >= 15 is 0 Å². The van der Waals surface area contributed by atoms with Crippen molar-refractivity contribution in [2.45, 2.75) is 95.8 Å². The second kappa shape index (κ2) is 13.0. The van der Waals surface area contributed by atoms with Crippen molar-refractivity contribution >= 4 is 13.8 Å². The monoisotopic (exact) mass is 431 g/mol. The first kappa shape index (κ1) is 27.3. The molecule has 2 N–H and O–H groups in total. The number of aliphatic hydroxyl groups excluding tert-OH is 1. The Kier molecular flexibility index (Phi) is 11.8. The smallest absolute Gasteiger partial charge is 0.219 e. The average Bonchev–Trinajstić information content (AvgIpc) is 2.89. The molecule has 0 saturated carbocycles. The van der Waals surface area contributed by atoms with Gasteiger partial charge in [0.05, 0.1) is 30.4 Å². The Hall–Kier alpha value is -0.705. The molecule has 1 amide bonds. The van der Waals surface area contributed by atoms with E-state index in [0.717, 1.165) is 12.8 Å². The first-order valence-corrected chi connectivity index (χ1v) is 11.0. The normalized spacial score (nSPS) is 24.9. The molecule has 0 bridgehead atoms. The zero-order valence-corrected chi connectivity index (χ0v) is 19.9. The van der Waals surface area contributed by atoms with Gasteiger partial charge in [-0.1, -0.05) is 6.92 Å². The van der Waals surface area contributed by atoms with Crippen LogP contribution < -0.4 is 5.32 Å². The van der Waals surface area contributed by atoms with E-state index in [1.807, 2.05) is 42.5 Å². The van der Waals surface area contributed by atoms with Gasteiger partial charge in [0.15, 0.2) is 0 Å². The summed E-state index contributed by atoms with van der Waals surface area (Å²) in [6.45, 7) is 11.5. The van der Waals surface area contributed by atoms with Crippen LogP contribution in [0.2, 0.25) is 0 Å². The van der Waals surface area contributed by atoms with Gasteiger partial charge in [0, 0.05) is 20.1 Å².